The van der Waals surface area contributed by atoms with Crippen LogP contribution in [0.25, 0.3) is 10.9 Å². The summed E-state index contributed by atoms with van der Waals surface area (Å²) >= 11 is 3.71. The van der Waals surface area contributed by atoms with Crippen LogP contribution >= 0.6 is 15.9 Å². The minimum absolute atomic E-state index is 0.0608. The second-order valence-corrected chi connectivity index (χ2v) is 7.96. The van der Waals surface area contributed by atoms with Crippen LogP contribution in [0.3, 0.4) is 0 Å². The number of carbonyl (C=O) groups is 1. The topological polar surface area (TPSA) is 36.1 Å². The molecule has 1 N–H and O–H groups in total. The molecule has 0 radical (unpaired) electrons. The smallest absolute Gasteiger partial charge is 0.254 e. The predicted octanol–water partition coefficient (Wildman–Crippen LogP) is 5.72. The van der Waals surface area contributed by atoms with Gasteiger partial charge in [-0.1, -0.05) is 70.5 Å². The number of hydrogen-bond acceptors (Lipinski definition) is 1. The first-order valence-corrected chi connectivity index (χ1v) is 10.2. The van der Waals surface area contributed by atoms with Gasteiger partial charge in [-0.05, 0) is 41.8 Å². The first-order valence-electron chi connectivity index (χ1n) is 9.44. The number of carbonyl (C=O) groups excluding carboxylic acids is 1. The van der Waals surface area contributed by atoms with E-state index < -0.39 is 0 Å². The quantitative estimate of drug-likeness (QED) is 0.433. The highest BCUT2D eigenvalue weighted by Gasteiger charge is 2.35. The Morgan fingerprint density at radius 2 is 1.64 bits per heavy atom. The minimum atomic E-state index is -0.153. The van der Waals surface area contributed by atoms with Crippen LogP contribution in [-0.2, 0) is 6.42 Å². The summed E-state index contributed by atoms with van der Waals surface area (Å²) in [6.07, 6.45) is 0.846. The number of rotatable bonds is 2. The van der Waals surface area contributed by atoms with Gasteiger partial charge in [-0.2, -0.15) is 0 Å². The fourth-order valence-electron chi connectivity index (χ4n) is 4.23. The number of fused-ring (bicyclic) bond motifs is 3. The van der Waals surface area contributed by atoms with Crippen molar-refractivity contribution in [1.82, 2.24) is 9.88 Å². The van der Waals surface area contributed by atoms with Crippen molar-refractivity contribution < 1.29 is 4.79 Å². The molecule has 0 saturated heterocycles. The van der Waals surface area contributed by atoms with E-state index in [-0.39, 0.29) is 11.9 Å². The molecular weight excluding hydrogens is 412 g/mol. The highest BCUT2D eigenvalue weighted by atomic mass is 79.9. The third-order valence-electron chi connectivity index (χ3n) is 5.52. The maximum atomic E-state index is 13.4. The van der Waals surface area contributed by atoms with Crippen LogP contribution in [0.1, 0.15) is 33.2 Å². The molecule has 28 heavy (non-hydrogen) atoms. The summed E-state index contributed by atoms with van der Waals surface area (Å²) in [6, 6.07) is 26.0. The zero-order chi connectivity index (χ0) is 19.1. The molecule has 138 valence electrons. The van der Waals surface area contributed by atoms with Crippen LogP contribution in [-0.4, -0.2) is 22.3 Å². The monoisotopic (exact) mass is 430 g/mol. The molecule has 5 rings (SSSR count). The number of aromatic amines is 1. The number of halogens is 1. The number of benzene rings is 3. The Morgan fingerprint density at radius 3 is 2.46 bits per heavy atom. The number of hydrogen-bond donors (Lipinski definition) is 1. The van der Waals surface area contributed by atoms with Gasteiger partial charge < -0.3 is 9.88 Å². The van der Waals surface area contributed by atoms with E-state index in [1.165, 1.54) is 10.9 Å². The van der Waals surface area contributed by atoms with Crippen molar-refractivity contribution in [2.45, 2.75) is 12.5 Å². The van der Waals surface area contributed by atoms with Gasteiger partial charge in [-0.15, -0.1) is 0 Å². The van der Waals surface area contributed by atoms with Crippen LogP contribution in [0, 0.1) is 0 Å². The van der Waals surface area contributed by atoms with Gasteiger partial charge in [-0.25, -0.2) is 0 Å². The average Bonchev–Trinajstić information content (AvgIpc) is 3.12. The Kier molecular flexibility index (Phi) is 4.29. The van der Waals surface area contributed by atoms with Crippen molar-refractivity contribution in [3.05, 3.63) is 106 Å². The number of aromatic nitrogens is 1. The average molecular weight is 431 g/mol. The summed E-state index contributed by atoms with van der Waals surface area (Å²) in [6.45, 7) is 0.689. The lowest BCUT2D eigenvalue weighted by molar-refractivity contribution is 0.0691. The Hall–Kier alpha value is -2.85. The van der Waals surface area contributed by atoms with Crippen LogP contribution in [0.2, 0.25) is 0 Å². The molecule has 0 saturated carbocycles. The van der Waals surface area contributed by atoms with E-state index in [0.717, 1.165) is 33.2 Å². The fourth-order valence-corrected chi connectivity index (χ4v) is 4.73. The van der Waals surface area contributed by atoms with Gasteiger partial charge in [0.15, 0.2) is 0 Å². The lowest BCUT2D eigenvalue weighted by Gasteiger charge is -2.36. The van der Waals surface area contributed by atoms with E-state index in [2.05, 4.69) is 45.2 Å². The van der Waals surface area contributed by atoms with Crippen molar-refractivity contribution in [2.75, 3.05) is 6.54 Å². The largest absolute Gasteiger partial charge is 0.356 e. The van der Waals surface area contributed by atoms with Gasteiger partial charge in [0.25, 0.3) is 5.91 Å². The summed E-state index contributed by atoms with van der Waals surface area (Å²) < 4.78 is 1.01. The normalized spacial score (nSPS) is 16.2. The summed E-state index contributed by atoms with van der Waals surface area (Å²) in [7, 11) is 0. The first kappa shape index (κ1) is 17.3. The Bertz CT molecular complexity index is 1170. The molecule has 0 spiro atoms. The van der Waals surface area contributed by atoms with Gasteiger partial charge in [0, 0.05) is 33.2 Å². The van der Waals surface area contributed by atoms with Crippen molar-refractivity contribution >= 4 is 32.7 Å². The van der Waals surface area contributed by atoms with E-state index in [9.17, 15) is 4.79 Å². The molecule has 1 amide bonds. The lowest BCUT2D eigenvalue weighted by atomic mass is 9.91. The molecule has 1 atom stereocenters. The van der Waals surface area contributed by atoms with Crippen molar-refractivity contribution in [1.29, 1.82) is 0 Å². The van der Waals surface area contributed by atoms with Crippen molar-refractivity contribution in [3.8, 4) is 0 Å². The minimum Gasteiger partial charge on any atom is -0.356 e. The molecule has 3 nitrogen and oxygen atoms in total. The van der Waals surface area contributed by atoms with Crippen molar-refractivity contribution in [2.24, 2.45) is 0 Å². The van der Waals surface area contributed by atoms with Gasteiger partial charge in [0.2, 0.25) is 0 Å². The molecule has 1 aliphatic rings. The number of para-hydroxylation sites is 1. The zero-order valence-corrected chi connectivity index (χ0v) is 16.8. The van der Waals surface area contributed by atoms with Gasteiger partial charge in [-0.3, -0.25) is 4.79 Å². The summed E-state index contributed by atoms with van der Waals surface area (Å²) in [5.41, 5.74) is 5.37. The van der Waals surface area contributed by atoms with Gasteiger partial charge >= 0.3 is 0 Å². The molecule has 1 aliphatic heterocycles. The molecule has 0 fully saturated rings. The number of nitrogens with zero attached hydrogens (tertiary/aromatic N) is 1. The molecule has 3 aromatic carbocycles. The molecule has 4 aromatic rings. The highest BCUT2D eigenvalue weighted by Crippen LogP contribution is 2.41. The van der Waals surface area contributed by atoms with E-state index in [4.69, 9.17) is 0 Å². The standard InChI is InChI=1S/C24H19BrN2O/c25-20-12-6-4-11-19(20)23-22-18(17-10-5-7-13-21(17)26-22)14-15-27(23)24(28)16-8-2-1-3-9-16/h1-13,23,26H,14-15H2. The van der Waals surface area contributed by atoms with E-state index in [1.807, 2.05) is 59.5 Å². The molecule has 1 unspecified atom stereocenters. The molecule has 0 aliphatic carbocycles. The SMILES string of the molecule is O=C(c1ccccc1)N1CCc2c([nH]c3ccccc23)C1c1ccccc1Br. The predicted molar refractivity (Wildman–Crippen MR) is 115 cm³/mol. The first-order chi connectivity index (χ1) is 13.7. The number of nitrogens with one attached hydrogen (secondary N) is 1. The third kappa shape index (κ3) is 2.76. The lowest BCUT2D eigenvalue weighted by Crippen LogP contribution is -2.40. The summed E-state index contributed by atoms with van der Waals surface area (Å²) in [4.78, 5) is 19.0. The van der Waals surface area contributed by atoms with E-state index in [0.29, 0.717) is 6.54 Å². The second-order valence-electron chi connectivity index (χ2n) is 7.10. The van der Waals surface area contributed by atoms with E-state index >= 15 is 0 Å². The molecular formula is C24H19BrN2O. The van der Waals surface area contributed by atoms with Gasteiger partial charge in [0.1, 0.15) is 0 Å². The van der Waals surface area contributed by atoms with Gasteiger partial charge in [0.05, 0.1) is 6.04 Å². The number of H-pyrrole nitrogens is 1. The third-order valence-corrected chi connectivity index (χ3v) is 6.24. The Labute approximate surface area is 172 Å². The van der Waals surface area contributed by atoms with Crippen LogP contribution in [0.4, 0.5) is 0 Å². The summed E-state index contributed by atoms with van der Waals surface area (Å²) in [5.74, 6) is 0.0608. The zero-order valence-electron chi connectivity index (χ0n) is 15.2. The molecule has 4 heteroatoms. The van der Waals surface area contributed by atoms with E-state index in [1.54, 1.807) is 0 Å². The Balaban J connectivity index is 1.70. The van der Waals surface area contributed by atoms with Crippen LogP contribution < -0.4 is 0 Å². The maximum absolute atomic E-state index is 13.4. The second kappa shape index (κ2) is 6.95. The molecule has 2 heterocycles. The highest BCUT2D eigenvalue weighted by molar-refractivity contribution is 9.10. The molecule has 1 aromatic heterocycles. The van der Waals surface area contributed by atoms with Crippen LogP contribution in [0.5, 0.6) is 0 Å². The maximum Gasteiger partial charge on any atom is 0.254 e. The number of amides is 1. The van der Waals surface area contributed by atoms with Crippen molar-refractivity contribution in [3.63, 3.8) is 0 Å². The summed E-state index contributed by atoms with van der Waals surface area (Å²) in [5, 5.41) is 1.25. The Morgan fingerprint density at radius 1 is 0.929 bits per heavy atom. The molecule has 0 bridgehead atoms. The fraction of sp³-hybridized carbons (Fsp3) is 0.125. The van der Waals surface area contributed by atoms with Crippen LogP contribution in [0.15, 0.2) is 83.3 Å².